The summed E-state index contributed by atoms with van der Waals surface area (Å²) < 4.78 is 0. The number of benzene rings is 2. The number of rotatable bonds is 10. The van der Waals surface area contributed by atoms with E-state index in [-0.39, 0.29) is 18.8 Å². The molecule has 1 aliphatic heterocycles. The molecule has 42 heavy (non-hydrogen) atoms. The lowest BCUT2D eigenvalue weighted by Crippen LogP contribution is -2.61. The summed E-state index contributed by atoms with van der Waals surface area (Å²) in [7, 11) is 0. The summed E-state index contributed by atoms with van der Waals surface area (Å²) in [5, 5.41) is 14.6. The van der Waals surface area contributed by atoms with Gasteiger partial charge in [0.05, 0.1) is 18.2 Å². The van der Waals surface area contributed by atoms with Gasteiger partial charge in [0, 0.05) is 0 Å². The van der Waals surface area contributed by atoms with Crippen LogP contribution in [-0.4, -0.2) is 56.4 Å². The maximum Gasteiger partial charge on any atom is 0.347 e. The number of nitrogens with one attached hydrogen (secondary N) is 1. The molecular weight excluding hydrogens is 538 g/mol. The Morgan fingerprint density at radius 1 is 1.00 bits per heavy atom. The lowest BCUT2D eigenvalue weighted by molar-refractivity contribution is -0.142. The first-order valence-electron chi connectivity index (χ1n) is 14.4. The first-order chi connectivity index (χ1) is 20.0. The Labute approximate surface area is 245 Å². The Balaban J connectivity index is 1.78. The third kappa shape index (κ3) is 5.95. The van der Waals surface area contributed by atoms with E-state index in [0.717, 1.165) is 16.3 Å². The number of anilines is 1. The van der Waals surface area contributed by atoms with Gasteiger partial charge in [-0.2, -0.15) is 5.01 Å². The number of carboxylic acid groups (broad SMARTS) is 1. The molecule has 1 aliphatic carbocycles. The second kappa shape index (κ2) is 12.6. The molecular formula is C31H39N5O6. The molecule has 4 N–H and O–H groups in total. The van der Waals surface area contributed by atoms with Crippen molar-refractivity contribution in [2.45, 2.75) is 83.3 Å². The molecule has 2 aliphatic rings. The first kappa shape index (κ1) is 30.5. The summed E-state index contributed by atoms with van der Waals surface area (Å²) in [6.45, 7) is 5.52. The van der Waals surface area contributed by atoms with Crippen LogP contribution in [0.3, 0.4) is 0 Å². The Morgan fingerprint density at radius 3 is 2.19 bits per heavy atom. The van der Waals surface area contributed by atoms with Crippen molar-refractivity contribution in [2.75, 3.05) is 5.01 Å². The minimum Gasteiger partial charge on any atom is -0.481 e. The number of nitrogens with two attached hydrogens (primary N) is 1. The number of primary amides is 1. The van der Waals surface area contributed by atoms with Gasteiger partial charge < -0.3 is 16.2 Å². The molecule has 2 aromatic carbocycles. The fraction of sp³-hybridized carbons (Fsp3) is 0.452. The van der Waals surface area contributed by atoms with Crippen LogP contribution in [0, 0.1) is 12.8 Å². The number of hydrogen-bond acceptors (Lipinski definition) is 5. The van der Waals surface area contributed by atoms with Crippen LogP contribution in [0.25, 0.3) is 0 Å². The standard InChI is InChI=1S/C31H39N5O6/c1-20(2)18-25(27(39)33-23(19-26(37)38)22-13-6-4-7-14-22)34-28(40)31(16-10-5-11-17-31)36(30(34)42)35(29(32)41)24-15-9-8-12-21(24)3/h4,6-9,12-15,20,23,25H,5,10-11,16-19H2,1-3H3,(H2,32,41)(H,33,39)(H,37,38)/t23-,25-/m0/s1. The number of aryl methyl sites for hydroxylation is 1. The average Bonchev–Trinajstić information content (AvgIpc) is 3.14. The van der Waals surface area contributed by atoms with Crippen LogP contribution in [0.1, 0.15) is 76.0 Å². The van der Waals surface area contributed by atoms with Crippen LogP contribution in [0.4, 0.5) is 15.3 Å². The van der Waals surface area contributed by atoms with E-state index < -0.39 is 47.5 Å². The topological polar surface area (TPSA) is 153 Å². The van der Waals surface area contributed by atoms with Gasteiger partial charge >= 0.3 is 18.0 Å². The second-order valence-corrected chi connectivity index (χ2v) is 11.5. The van der Waals surface area contributed by atoms with Crippen LogP contribution in [0.15, 0.2) is 54.6 Å². The summed E-state index contributed by atoms with van der Waals surface area (Å²) in [6, 6.07) is 11.8. The number of urea groups is 2. The van der Waals surface area contributed by atoms with Crippen molar-refractivity contribution in [1.29, 1.82) is 0 Å². The average molecular weight is 578 g/mol. The molecule has 0 unspecified atom stereocenters. The lowest BCUT2D eigenvalue weighted by atomic mass is 9.81. The van der Waals surface area contributed by atoms with E-state index in [4.69, 9.17) is 5.73 Å². The number of nitrogens with zero attached hydrogens (tertiary/aromatic N) is 3. The molecule has 1 saturated carbocycles. The fourth-order valence-corrected chi connectivity index (χ4v) is 6.08. The Kier molecular flexibility index (Phi) is 9.18. The Morgan fingerprint density at radius 2 is 1.62 bits per heavy atom. The number of imide groups is 1. The van der Waals surface area contributed by atoms with Gasteiger partial charge in [-0.3, -0.25) is 14.4 Å². The molecule has 1 heterocycles. The Hall–Kier alpha value is -4.41. The quantitative estimate of drug-likeness (QED) is 0.353. The number of hydrogen-bond donors (Lipinski definition) is 3. The number of amides is 6. The molecule has 2 atom stereocenters. The van der Waals surface area contributed by atoms with Gasteiger partial charge in [0.25, 0.3) is 5.91 Å². The lowest BCUT2D eigenvalue weighted by Gasteiger charge is -2.43. The maximum absolute atomic E-state index is 14.4. The molecule has 1 spiro atoms. The van der Waals surface area contributed by atoms with Crippen LogP contribution < -0.4 is 16.1 Å². The van der Waals surface area contributed by atoms with Crippen LogP contribution in [0.2, 0.25) is 0 Å². The Bertz CT molecular complexity index is 1340. The predicted molar refractivity (Wildman–Crippen MR) is 156 cm³/mol. The normalized spacial score (nSPS) is 17.8. The van der Waals surface area contributed by atoms with Crippen molar-refractivity contribution in [1.82, 2.24) is 15.2 Å². The summed E-state index contributed by atoms with van der Waals surface area (Å²) >= 11 is 0. The molecule has 0 bridgehead atoms. The van der Waals surface area contributed by atoms with Gasteiger partial charge in [-0.25, -0.2) is 19.5 Å². The summed E-state index contributed by atoms with van der Waals surface area (Å²) in [4.78, 5) is 68.4. The zero-order chi connectivity index (χ0) is 30.6. The summed E-state index contributed by atoms with van der Waals surface area (Å²) in [5.41, 5.74) is 6.13. The van der Waals surface area contributed by atoms with Crippen molar-refractivity contribution < 1.29 is 29.1 Å². The second-order valence-electron chi connectivity index (χ2n) is 11.5. The number of carbonyl (C=O) groups excluding carboxylic acids is 4. The van der Waals surface area contributed by atoms with E-state index in [0.29, 0.717) is 42.5 Å². The van der Waals surface area contributed by atoms with Gasteiger partial charge in [0.1, 0.15) is 11.6 Å². The van der Waals surface area contributed by atoms with Gasteiger partial charge in [-0.1, -0.05) is 81.6 Å². The van der Waals surface area contributed by atoms with E-state index >= 15 is 0 Å². The predicted octanol–water partition coefficient (Wildman–Crippen LogP) is 4.51. The minimum absolute atomic E-state index is 0.101. The monoisotopic (exact) mass is 577 g/mol. The number of carbonyl (C=O) groups is 5. The molecule has 2 aromatic rings. The zero-order valence-electron chi connectivity index (χ0n) is 24.3. The molecule has 4 rings (SSSR count). The SMILES string of the molecule is Cc1ccccc1N(C(N)=O)N1C(=O)N([C@@H](CC(C)C)C(=O)N[C@@H](CC(=O)O)c2ccccc2)C(=O)C12CCCCC2. The molecule has 2 fully saturated rings. The number of para-hydroxylation sites is 1. The number of carboxylic acids is 1. The first-order valence-corrected chi connectivity index (χ1v) is 14.4. The highest BCUT2D eigenvalue weighted by atomic mass is 16.4. The van der Waals surface area contributed by atoms with Crippen molar-refractivity contribution >= 4 is 35.5 Å². The largest absolute Gasteiger partial charge is 0.481 e. The highest BCUT2D eigenvalue weighted by molar-refractivity contribution is 6.12. The van der Waals surface area contributed by atoms with Gasteiger partial charge in [-0.15, -0.1) is 0 Å². The van der Waals surface area contributed by atoms with E-state index in [1.54, 1.807) is 61.5 Å². The van der Waals surface area contributed by atoms with Crippen molar-refractivity contribution in [3.8, 4) is 0 Å². The number of aliphatic carboxylic acids is 1. The van der Waals surface area contributed by atoms with Gasteiger partial charge in [0.15, 0.2) is 0 Å². The van der Waals surface area contributed by atoms with E-state index in [2.05, 4.69) is 5.32 Å². The molecule has 0 aromatic heterocycles. The highest BCUT2D eigenvalue weighted by Crippen LogP contribution is 2.44. The van der Waals surface area contributed by atoms with Gasteiger partial charge in [0.2, 0.25) is 5.91 Å². The van der Waals surface area contributed by atoms with E-state index in [1.807, 2.05) is 13.8 Å². The van der Waals surface area contributed by atoms with E-state index in [1.165, 1.54) is 5.01 Å². The van der Waals surface area contributed by atoms with Gasteiger partial charge in [-0.05, 0) is 49.3 Å². The van der Waals surface area contributed by atoms with Crippen molar-refractivity contribution in [3.05, 3.63) is 65.7 Å². The smallest absolute Gasteiger partial charge is 0.347 e. The highest BCUT2D eigenvalue weighted by Gasteiger charge is 2.62. The minimum atomic E-state index is -1.39. The van der Waals surface area contributed by atoms with E-state index in [9.17, 15) is 29.1 Å². The molecule has 11 heteroatoms. The summed E-state index contributed by atoms with van der Waals surface area (Å²) in [6.07, 6.45) is 2.55. The maximum atomic E-state index is 14.4. The van der Waals surface area contributed by atoms with Crippen molar-refractivity contribution in [3.63, 3.8) is 0 Å². The molecule has 224 valence electrons. The third-order valence-corrected chi connectivity index (χ3v) is 8.05. The zero-order valence-corrected chi connectivity index (χ0v) is 24.3. The van der Waals surface area contributed by atoms with Crippen LogP contribution in [0.5, 0.6) is 0 Å². The molecule has 0 radical (unpaired) electrons. The molecule has 11 nitrogen and oxygen atoms in total. The molecule has 1 saturated heterocycles. The third-order valence-electron chi connectivity index (χ3n) is 8.05. The van der Waals surface area contributed by atoms with Crippen LogP contribution in [-0.2, 0) is 14.4 Å². The fourth-order valence-electron chi connectivity index (χ4n) is 6.08. The number of hydrazine groups is 1. The summed E-state index contributed by atoms with van der Waals surface area (Å²) in [5.74, 6) is -2.41. The van der Waals surface area contributed by atoms with Crippen LogP contribution >= 0.6 is 0 Å². The molecule has 6 amide bonds. The van der Waals surface area contributed by atoms with Crippen molar-refractivity contribution in [2.24, 2.45) is 11.7 Å².